The van der Waals surface area contributed by atoms with E-state index in [1.807, 2.05) is 19.1 Å². The van der Waals surface area contributed by atoms with E-state index >= 15 is 0 Å². The number of ether oxygens (including phenoxy) is 1. The van der Waals surface area contributed by atoms with Gasteiger partial charge in [-0.05, 0) is 26.0 Å². The minimum atomic E-state index is -0.832. The fraction of sp³-hybridized carbons (Fsp3) is 0.625. The summed E-state index contributed by atoms with van der Waals surface area (Å²) >= 11 is 0. The Balaban J connectivity index is 3.01. The van der Waals surface area contributed by atoms with E-state index in [-0.39, 0.29) is 11.3 Å². The molecule has 0 heterocycles. The first-order chi connectivity index (χ1) is 9.53. The summed E-state index contributed by atoms with van der Waals surface area (Å²) in [6.45, 7) is 9.11. The van der Waals surface area contributed by atoms with E-state index in [9.17, 15) is 4.21 Å². The third-order valence-electron chi connectivity index (χ3n) is 3.57. The normalized spacial score (nSPS) is 15.7. The lowest BCUT2D eigenvalue weighted by Gasteiger charge is -2.22. The molecule has 0 bridgehead atoms. The molecule has 0 saturated carbocycles. The number of methoxy groups -OCH3 is 1. The molecular weight excluding hydrogens is 270 g/mol. The lowest BCUT2D eigenvalue weighted by molar-refractivity contribution is 0.402. The van der Waals surface area contributed by atoms with Crippen LogP contribution in [0.5, 0.6) is 5.75 Å². The van der Waals surface area contributed by atoms with Crippen molar-refractivity contribution in [2.24, 2.45) is 0 Å². The number of hydrogen-bond acceptors (Lipinski definition) is 3. The Labute approximate surface area is 125 Å². The fourth-order valence-corrected chi connectivity index (χ4v) is 3.47. The highest BCUT2D eigenvalue weighted by Gasteiger charge is 2.20. The Hall–Kier alpha value is -0.870. The topological polar surface area (TPSA) is 38.3 Å². The number of rotatable bonds is 8. The molecule has 0 fully saturated rings. The van der Waals surface area contributed by atoms with Crippen LogP contribution in [0.25, 0.3) is 0 Å². The Bertz CT molecular complexity index is 448. The largest absolute Gasteiger partial charge is 0.496 e. The molecule has 0 saturated heterocycles. The van der Waals surface area contributed by atoms with Crippen molar-refractivity contribution in [2.45, 2.75) is 45.4 Å². The van der Waals surface area contributed by atoms with Crippen LogP contribution in [0.3, 0.4) is 0 Å². The molecule has 0 aliphatic heterocycles. The summed E-state index contributed by atoms with van der Waals surface area (Å²) in [6, 6.07) is 6.22. The van der Waals surface area contributed by atoms with Gasteiger partial charge in [0.15, 0.2) is 0 Å². The lowest BCUT2D eigenvalue weighted by Crippen LogP contribution is -2.29. The van der Waals surface area contributed by atoms with Crippen molar-refractivity contribution < 1.29 is 8.95 Å². The maximum Gasteiger partial charge on any atom is 0.123 e. The molecule has 1 N–H and O–H groups in total. The van der Waals surface area contributed by atoms with Gasteiger partial charge >= 0.3 is 0 Å². The predicted molar refractivity (Wildman–Crippen MR) is 86.9 cm³/mol. The van der Waals surface area contributed by atoms with Crippen molar-refractivity contribution in [3.8, 4) is 5.75 Å². The van der Waals surface area contributed by atoms with E-state index in [1.54, 1.807) is 7.11 Å². The summed E-state index contributed by atoms with van der Waals surface area (Å²) < 4.78 is 17.8. The third kappa shape index (κ3) is 4.60. The van der Waals surface area contributed by atoms with Gasteiger partial charge in [-0.15, -0.1) is 0 Å². The van der Waals surface area contributed by atoms with Gasteiger partial charge in [0.25, 0.3) is 0 Å². The molecule has 3 nitrogen and oxygen atoms in total. The van der Waals surface area contributed by atoms with Crippen molar-refractivity contribution in [2.75, 3.05) is 19.4 Å². The van der Waals surface area contributed by atoms with Gasteiger partial charge in [-0.2, -0.15) is 0 Å². The molecule has 0 aliphatic rings. The molecule has 114 valence electrons. The second kappa shape index (κ2) is 8.42. The van der Waals surface area contributed by atoms with Gasteiger partial charge in [0.05, 0.1) is 7.11 Å². The molecule has 0 spiro atoms. The Morgan fingerprint density at radius 2 is 2.05 bits per heavy atom. The molecule has 3 unspecified atom stereocenters. The molecule has 0 aromatic heterocycles. The molecule has 0 radical (unpaired) electrons. The maximum absolute atomic E-state index is 12.3. The van der Waals surface area contributed by atoms with E-state index in [2.05, 4.69) is 32.2 Å². The molecule has 0 amide bonds. The van der Waals surface area contributed by atoms with Crippen LogP contribution >= 0.6 is 0 Å². The van der Waals surface area contributed by atoms with Gasteiger partial charge in [0.2, 0.25) is 0 Å². The molecule has 1 rings (SSSR count). The Morgan fingerprint density at radius 3 is 2.60 bits per heavy atom. The minimum Gasteiger partial charge on any atom is -0.496 e. The first-order valence-corrected chi connectivity index (χ1v) is 8.66. The monoisotopic (exact) mass is 297 g/mol. The molecular formula is C16H27NO2S. The summed E-state index contributed by atoms with van der Waals surface area (Å²) in [5, 5.41) is 3.67. The van der Waals surface area contributed by atoms with Gasteiger partial charge in [0.1, 0.15) is 5.75 Å². The van der Waals surface area contributed by atoms with Gasteiger partial charge in [0, 0.05) is 33.4 Å². The number of nitrogens with one attached hydrogen (secondary N) is 1. The molecule has 3 atom stereocenters. The first-order valence-electron chi connectivity index (χ1n) is 7.28. The molecule has 20 heavy (non-hydrogen) atoms. The average Bonchev–Trinajstić information content (AvgIpc) is 2.45. The number of hydrogen-bond donors (Lipinski definition) is 1. The first kappa shape index (κ1) is 17.2. The van der Waals surface area contributed by atoms with Crippen LogP contribution in [0, 0.1) is 6.92 Å². The summed E-state index contributed by atoms with van der Waals surface area (Å²) in [4.78, 5) is 0. The van der Waals surface area contributed by atoms with E-state index < -0.39 is 10.8 Å². The number of aryl methyl sites for hydroxylation is 1. The third-order valence-corrected chi connectivity index (χ3v) is 5.46. The summed E-state index contributed by atoms with van der Waals surface area (Å²) in [5.41, 5.74) is 2.30. The van der Waals surface area contributed by atoms with Gasteiger partial charge in [-0.25, -0.2) is 0 Å². The Kier molecular flexibility index (Phi) is 7.24. The van der Waals surface area contributed by atoms with E-state index in [4.69, 9.17) is 4.74 Å². The van der Waals surface area contributed by atoms with Crippen molar-refractivity contribution >= 4 is 10.8 Å². The molecule has 1 aromatic carbocycles. The standard InChI is InChI=1S/C16H27NO2S/c1-6-13(4)20(18)11-15(17-7-2)14-10-12(3)8-9-16(14)19-5/h8-10,13,15,17H,6-7,11H2,1-5H3. The van der Waals surface area contributed by atoms with E-state index in [1.165, 1.54) is 5.56 Å². The van der Waals surface area contributed by atoms with Gasteiger partial charge < -0.3 is 10.1 Å². The Morgan fingerprint density at radius 1 is 1.35 bits per heavy atom. The highest BCUT2D eigenvalue weighted by molar-refractivity contribution is 7.85. The van der Waals surface area contributed by atoms with Crippen LogP contribution in [-0.4, -0.2) is 28.9 Å². The van der Waals surface area contributed by atoms with Crippen molar-refractivity contribution in [3.05, 3.63) is 29.3 Å². The average molecular weight is 297 g/mol. The molecule has 0 aliphatic carbocycles. The van der Waals surface area contributed by atoms with Crippen molar-refractivity contribution in [1.82, 2.24) is 5.32 Å². The highest BCUT2D eigenvalue weighted by atomic mass is 32.2. The van der Waals surface area contributed by atoms with E-state index in [0.29, 0.717) is 5.75 Å². The number of benzene rings is 1. The van der Waals surface area contributed by atoms with Gasteiger partial charge in [-0.1, -0.05) is 38.5 Å². The van der Waals surface area contributed by atoms with Crippen LogP contribution in [0.4, 0.5) is 0 Å². The maximum atomic E-state index is 12.3. The highest BCUT2D eigenvalue weighted by Crippen LogP contribution is 2.27. The second-order valence-electron chi connectivity index (χ2n) is 5.12. The zero-order valence-electron chi connectivity index (χ0n) is 13.2. The van der Waals surface area contributed by atoms with Crippen molar-refractivity contribution in [3.63, 3.8) is 0 Å². The smallest absolute Gasteiger partial charge is 0.123 e. The van der Waals surface area contributed by atoms with Gasteiger partial charge in [-0.3, -0.25) is 4.21 Å². The van der Waals surface area contributed by atoms with Crippen molar-refractivity contribution in [1.29, 1.82) is 0 Å². The second-order valence-corrected chi connectivity index (χ2v) is 7.02. The van der Waals surface area contributed by atoms with Crippen LogP contribution in [-0.2, 0) is 10.8 Å². The van der Waals surface area contributed by atoms with Crippen LogP contribution in [0.1, 0.15) is 44.4 Å². The summed E-state index contributed by atoms with van der Waals surface area (Å²) in [7, 11) is 0.852. The lowest BCUT2D eigenvalue weighted by atomic mass is 10.0. The van der Waals surface area contributed by atoms with Crippen LogP contribution < -0.4 is 10.1 Å². The quantitative estimate of drug-likeness (QED) is 0.801. The molecule has 1 aromatic rings. The zero-order valence-corrected chi connectivity index (χ0v) is 14.0. The van der Waals surface area contributed by atoms with E-state index in [0.717, 1.165) is 24.3 Å². The summed E-state index contributed by atoms with van der Waals surface area (Å²) in [5.74, 6) is 1.49. The minimum absolute atomic E-state index is 0.0738. The fourth-order valence-electron chi connectivity index (χ4n) is 2.15. The SMILES string of the molecule is CCNC(CS(=O)C(C)CC)c1cc(C)ccc1OC. The zero-order chi connectivity index (χ0) is 15.1. The molecule has 4 heteroatoms. The van der Waals surface area contributed by atoms with Crippen LogP contribution in [0.15, 0.2) is 18.2 Å². The van der Waals surface area contributed by atoms with Crippen LogP contribution in [0.2, 0.25) is 0 Å². The predicted octanol–water partition coefficient (Wildman–Crippen LogP) is 3.20. The summed E-state index contributed by atoms with van der Waals surface area (Å²) in [6.07, 6.45) is 0.941.